The molecule has 0 radical (unpaired) electrons. The standard InChI is InChI=1S/C21H20N6O2S/c1-25-8-10-26(11-9-25)16-4-2-14(3-5-16)17-13-22-27-7-6-15(23-19(17)27)12-18-20(28)24-21(29)30-18/h2-7,12-13H,8-11H2,1H3,(H,24,28,29)/b18-12-. The van der Waals surface area contributed by atoms with Gasteiger partial charge >= 0.3 is 0 Å². The Labute approximate surface area is 177 Å². The Balaban J connectivity index is 1.44. The zero-order valence-corrected chi connectivity index (χ0v) is 17.2. The lowest BCUT2D eigenvalue weighted by Crippen LogP contribution is -2.44. The first-order valence-electron chi connectivity index (χ1n) is 9.70. The smallest absolute Gasteiger partial charge is 0.290 e. The van der Waals surface area contributed by atoms with Crippen LogP contribution < -0.4 is 10.2 Å². The molecule has 0 spiro atoms. The molecule has 1 aromatic carbocycles. The van der Waals surface area contributed by atoms with Gasteiger partial charge in [-0.05, 0) is 48.6 Å². The quantitative estimate of drug-likeness (QED) is 0.652. The highest BCUT2D eigenvalue weighted by Crippen LogP contribution is 2.28. The van der Waals surface area contributed by atoms with Crippen molar-refractivity contribution in [2.45, 2.75) is 0 Å². The van der Waals surface area contributed by atoms with Gasteiger partial charge in [-0.15, -0.1) is 0 Å². The molecule has 0 aliphatic carbocycles. The second-order valence-corrected chi connectivity index (χ2v) is 8.38. The van der Waals surface area contributed by atoms with Gasteiger partial charge in [0.15, 0.2) is 5.65 Å². The minimum atomic E-state index is -0.389. The summed E-state index contributed by atoms with van der Waals surface area (Å²) in [5.41, 5.74) is 4.47. The topological polar surface area (TPSA) is 82.8 Å². The highest BCUT2D eigenvalue weighted by atomic mass is 32.2. The van der Waals surface area contributed by atoms with Crippen LogP contribution in [-0.4, -0.2) is 63.9 Å². The number of piperazine rings is 1. The van der Waals surface area contributed by atoms with E-state index in [1.165, 1.54) is 5.69 Å². The minimum Gasteiger partial charge on any atom is -0.369 e. The van der Waals surface area contributed by atoms with Gasteiger partial charge in [-0.1, -0.05) is 12.1 Å². The molecule has 9 heteroatoms. The van der Waals surface area contributed by atoms with E-state index in [2.05, 4.69) is 56.5 Å². The number of hydrogen-bond acceptors (Lipinski definition) is 7. The fourth-order valence-electron chi connectivity index (χ4n) is 3.64. The third kappa shape index (κ3) is 3.57. The van der Waals surface area contributed by atoms with Gasteiger partial charge in [0.1, 0.15) is 0 Å². The van der Waals surface area contributed by atoms with Crippen LogP contribution in [0.3, 0.4) is 0 Å². The van der Waals surface area contributed by atoms with E-state index in [0.29, 0.717) is 16.2 Å². The first-order valence-corrected chi connectivity index (χ1v) is 10.5. The van der Waals surface area contributed by atoms with Crippen molar-refractivity contribution < 1.29 is 9.59 Å². The molecule has 2 amide bonds. The first-order chi connectivity index (χ1) is 14.6. The van der Waals surface area contributed by atoms with Crippen LogP contribution in [0.2, 0.25) is 0 Å². The summed E-state index contributed by atoms with van der Waals surface area (Å²) in [6.45, 7) is 4.19. The normalized spacial score (nSPS) is 19.1. The van der Waals surface area contributed by atoms with Crippen LogP contribution in [-0.2, 0) is 4.79 Å². The number of benzene rings is 1. The fourth-order valence-corrected chi connectivity index (χ4v) is 4.31. The lowest BCUT2D eigenvalue weighted by molar-refractivity contribution is -0.115. The molecule has 2 aliphatic heterocycles. The predicted octanol–water partition coefficient (Wildman–Crippen LogP) is 2.47. The number of amides is 2. The Bertz CT molecular complexity index is 1160. The molecule has 30 heavy (non-hydrogen) atoms. The second kappa shape index (κ2) is 7.58. The van der Waals surface area contributed by atoms with Crippen molar-refractivity contribution >= 4 is 40.3 Å². The maximum Gasteiger partial charge on any atom is 0.290 e. The molecule has 8 nitrogen and oxygen atoms in total. The SMILES string of the molecule is CN1CCN(c2ccc(-c3cnn4ccc(/C=C5\SC(=O)NC5=O)nc34)cc2)CC1. The van der Waals surface area contributed by atoms with E-state index < -0.39 is 0 Å². The molecule has 152 valence electrons. The third-order valence-electron chi connectivity index (χ3n) is 5.36. The van der Waals surface area contributed by atoms with Crippen LogP contribution in [0.1, 0.15) is 5.69 Å². The van der Waals surface area contributed by atoms with E-state index in [1.54, 1.807) is 29.1 Å². The van der Waals surface area contributed by atoms with E-state index in [-0.39, 0.29) is 11.1 Å². The van der Waals surface area contributed by atoms with Gasteiger partial charge in [0.05, 0.1) is 16.8 Å². The van der Waals surface area contributed by atoms with Crippen LogP contribution in [0.5, 0.6) is 0 Å². The molecule has 2 aliphatic rings. The van der Waals surface area contributed by atoms with Gasteiger partial charge in [0, 0.05) is 43.6 Å². The van der Waals surface area contributed by atoms with Crippen molar-refractivity contribution in [2.24, 2.45) is 0 Å². The monoisotopic (exact) mass is 420 g/mol. The van der Waals surface area contributed by atoms with Crippen LogP contribution in [0, 0.1) is 0 Å². The third-order valence-corrected chi connectivity index (χ3v) is 6.17. The van der Waals surface area contributed by atoms with E-state index in [9.17, 15) is 9.59 Å². The fraction of sp³-hybridized carbons (Fsp3) is 0.238. The highest BCUT2D eigenvalue weighted by molar-refractivity contribution is 8.18. The molecule has 2 saturated heterocycles. The summed E-state index contributed by atoms with van der Waals surface area (Å²) in [4.78, 5) is 32.9. The van der Waals surface area contributed by atoms with Crippen molar-refractivity contribution in [1.29, 1.82) is 0 Å². The Morgan fingerprint density at radius 1 is 1.07 bits per heavy atom. The van der Waals surface area contributed by atoms with Crippen molar-refractivity contribution in [1.82, 2.24) is 24.8 Å². The summed E-state index contributed by atoms with van der Waals surface area (Å²) in [6.07, 6.45) is 5.22. The molecule has 2 aromatic heterocycles. The van der Waals surface area contributed by atoms with E-state index in [4.69, 9.17) is 0 Å². The summed E-state index contributed by atoms with van der Waals surface area (Å²) in [7, 11) is 2.15. The van der Waals surface area contributed by atoms with E-state index in [1.807, 2.05) is 0 Å². The minimum absolute atomic E-state index is 0.342. The van der Waals surface area contributed by atoms with Gasteiger partial charge in [-0.3, -0.25) is 14.9 Å². The van der Waals surface area contributed by atoms with E-state index in [0.717, 1.165) is 49.1 Å². The summed E-state index contributed by atoms with van der Waals surface area (Å²) in [6, 6.07) is 10.2. The summed E-state index contributed by atoms with van der Waals surface area (Å²) < 4.78 is 1.71. The molecule has 1 N–H and O–H groups in total. The van der Waals surface area contributed by atoms with Gasteiger partial charge < -0.3 is 9.80 Å². The zero-order valence-electron chi connectivity index (χ0n) is 16.4. The highest BCUT2D eigenvalue weighted by Gasteiger charge is 2.25. The van der Waals surface area contributed by atoms with Crippen molar-refractivity contribution in [3.05, 3.63) is 53.3 Å². The number of aromatic nitrogens is 3. The Morgan fingerprint density at radius 2 is 1.83 bits per heavy atom. The van der Waals surface area contributed by atoms with E-state index >= 15 is 0 Å². The maximum absolute atomic E-state index is 11.8. The number of thioether (sulfide) groups is 1. The predicted molar refractivity (Wildman–Crippen MR) is 117 cm³/mol. The number of rotatable bonds is 3. The van der Waals surface area contributed by atoms with Crippen molar-refractivity contribution in [3.8, 4) is 11.1 Å². The lowest BCUT2D eigenvalue weighted by Gasteiger charge is -2.34. The molecular formula is C21H20N6O2S. The Morgan fingerprint density at radius 3 is 2.53 bits per heavy atom. The molecular weight excluding hydrogens is 400 g/mol. The lowest BCUT2D eigenvalue weighted by atomic mass is 10.1. The Kier molecular flexibility index (Phi) is 4.76. The summed E-state index contributed by atoms with van der Waals surface area (Å²) in [5, 5.41) is 6.29. The average Bonchev–Trinajstić information content (AvgIpc) is 3.31. The second-order valence-electron chi connectivity index (χ2n) is 7.37. The van der Waals surface area contributed by atoms with Crippen LogP contribution in [0.25, 0.3) is 22.9 Å². The number of likely N-dealkylation sites (N-methyl/N-ethyl adjacent to an activating group) is 1. The average molecular weight is 420 g/mol. The number of anilines is 1. The molecule has 3 aromatic rings. The molecule has 0 bridgehead atoms. The first kappa shape index (κ1) is 18.8. The molecule has 0 atom stereocenters. The van der Waals surface area contributed by atoms with Gasteiger partial charge in [-0.25, -0.2) is 9.50 Å². The number of carbonyl (C=O) groups excluding carboxylic acids is 2. The van der Waals surface area contributed by atoms with Gasteiger partial charge in [0.25, 0.3) is 11.1 Å². The molecule has 4 heterocycles. The van der Waals surface area contributed by atoms with Crippen LogP contribution >= 0.6 is 11.8 Å². The van der Waals surface area contributed by atoms with Crippen molar-refractivity contribution in [2.75, 3.05) is 38.1 Å². The number of nitrogens with zero attached hydrogens (tertiary/aromatic N) is 5. The molecule has 5 rings (SSSR count). The number of carbonyl (C=O) groups is 2. The zero-order chi connectivity index (χ0) is 20.7. The summed E-state index contributed by atoms with van der Waals surface area (Å²) >= 11 is 0.883. The molecule has 0 saturated carbocycles. The Hall–Kier alpha value is -3.17. The largest absolute Gasteiger partial charge is 0.369 e. The van der Waals surface area contributed by atoms with Gasteiger partial charge in [-0.2, -0.15) is 5.10 Å². The number of hydrogen-bond donors (Lipinski definition) is 1. The maximum atomic E-state index is 11.8. The summed E-state index contributed by atoms with van der Waals surface area (Å²) in [5.74, 6) is -0.389. The van der Waals surface area contributed by atoms with Crippen molar-refractivity contribution in [3.63, 3.8) is 0 Å². The van der Waals surface area contributed by atoms with Crippen LogP contribution in [0.4, 0.5) is 10.5 Å². The van der Waals surface area contributed by atoms with Gasteiger partial charge in [0.2, 0.25) is 0 Å². The molecule has 2 fully saturated rings. The molecule has 0 unspecified atom stereocenters. The number of imide groups is 1. The number of fused-ring (bicyclic) bond motifs is 1. The number of nitrogens with one attached hydrogen (secondary N) is 1. The van der Waals surface area contributed by atoms with Crippen LogP contribution in [0.15, 0.2) is 47.6 Å².